The molecule has 2 rings (SSSR count). The molecule has 3 nitrogen and oxygen atoms in total. The molecule has 0 amide bonds. The third-order valence-corrected chi connectivity index (χ3v) is 5.38. The maximum absolute atomic E-state index is 13.4. The summed E-state index contributed by atoms with van der Waals surface area (Å²) in [6, 6.07) is 8.99. The molecule has 124 valence electrons. The number of pyridine rings is 1. The Labute approximate surface area is 139 Å². The highest BCUT2D eigenvalue weighted by Gasteiger charge is 2.27. The molecule has 0 aliphatic rings. The smallest absolute Gasteiger partial charge is 0.126 e. The van der Waals surface area contributed by atoms with E-state index in [9.17, 15) is 8.60 Å². The molecule has 1 aromatic heterocycles. The van der Waals surface area contributed by atoms with Crippen LogP contribution in [-0.4, -0.2) is 13.9 Å². The zero-order valence-corrected chi connectivity index (χ0v) is 14.8. The van der Waals surface area contributed by atoms with E-state index >= 15 is 0 Å². The maximum atomic E-state index is 13.4. The monoisotopic (exact) mass is 334 g/mol. The Morgan fingerprint density at radius 2 is 1.91 bits per heavy atom. The van der Waals surface area contributed by atoms with Crippen molar-refractivity contribution >= 4 is 11.0 Å². The van der Waals surface area contributed by atoms with Crippen molar-refractivity contribution in [3.8, 4) is 11.1 Å². The molecule has 2 N–H and O–H groups in total. The number of benzene rings is 1. The normalized spacial score (nSPS) is 14.5. The molecule has 0 spiro atoms. The number of halogens is 1. The predicted molar refractivity (Wildman–Crippen MR) is 93.8 cm³/mol. The fraction of sp³-hybridized carbons (Fsp3) is 0.389. The van der Waals surface area contributed by atoms with E-state index < -0.39 is 15.7 Å². The first-order valence-electron chi connectivity index (χ1n) is 7.59. The van der Waals surface area contributed by atoms with Crippen molar-refractivity contribution in [3.63, 3.8) is 0 Å². The van der Waals surface area contributed by atoms with E-state index in [2.05, 4.69) is 11.9 Å². The van der Waals surface area contributed by atoms with E-state index in [1.807, 2.05) is 32.0 Å². The minimum absolute atomic E-state index is 0.154. The van der Waals surface area contributed by atoms with Gasteiger partial charge in [-0.05, 0) is 62.4 Å². The van der Waals surface area contributed by atoms with Crippen LogP contribution in [0.4, 0.5) is 4.39 Å². The van der Waals surface area contributed by atoms with Gasteiger partial charge in [0.05, 0.1) is 15.7 Å². The highest BCUT2D eigenvalue weighted by atomic mass is 32.2. The Balaban J connectivity index is 2.19. The molecule has 0 fully saturated rings. The fourth-order valence-corrected chi connectivity index (χ4v) is 3.03. The van der Waals surface area contributed by atoms with Gasteiger partial charge in [-0.25, -0.2) is 8.60 Å². The second kappa shape index (κ2) is 6.89. The minimum Gasteiger partial charge on any atom is -0.260 e. The van der Waals surface area contributed by atoms with E-state index in [4.69, 9.17) is 5.14 Å². The number of aryl methyl sites for hydroxylation is 1. The second-order valence-electron chi connectivity index (χ2n) is 6.60. The lowest BCUT2D eigenvalue weighted by molar-refractivity contribution is 0.533. The second-order valence-corrected chi connectivity index (χ2v) is 8.30. The summed E-state index contributed by atoms with van der Waals surface area (Å²) in [6.45, 7) is 7.60. The Hall–Kier alpha value is -1.59. The van der Waals surface area contributed by atoms with Gasteiger partial charge in [0.15, 0.2) is 0 Å². The Kier molecular flexibility index (Phi) is 5.32. The molecular weight excluding hydrogens is 311 g/mol. The number of hydrogen-bond acceptors (Lipinski definition) is 2. The van der Waals surface area contributed by atoms with Crippen molar-refractivity contribution in [2.45, 2.75) is 44.8 Å². The average Bonchev–Trinajstić information content (AvgIpc) is 2.49. The first-order valence-corrected chi connectivity index (χ1v) is 8.81. The van der Waals surface area contributed by atoms with Crippen molar-refractivity contribution in [1.29, 1.82) is 0 Å². The van der Waals surface area contributed by atoms with E-state index in [0.29, 0.717) is 12.0 Å². The van der Waals surface area contributed by atoms with Crippen LogP contribution in [0.15, 0.2) is 36.5 Å². The largest absolute Gasteiger partial charge is 0.260 e. The SMILES string of the molecule is Cc1cc(-c2ccc([C@@H](C)CC(C)(C)S(N)=O)nc2)ccc1F. The lowest BCUT2D eigenvalue weighted by Crippen LogP contribution is -2.33. The van der Waals surface area contributed by atoms with Crippen LogP contribution in [0.5, 0.6) is 0 Å². The number of nitrogens with two attached hydrogens (primary N) is 1. The molecule has 0 saturated heterocycles. The number of hydrogen-bond donors (Lipinski definition) is 1. The molecule has 2 aromatic rings. The lowest BCUT2D eigenvalue weighted by Gasteiger charge is -2.24. The zero-order chi connectivity index (χ0) is 17.2. The van der Waals surface area contributed by atoms with Crippen LogP contribution >= 0.6 is 0 Å². The topological polar surface area (TPSA) is 56.0 Å². The van der Waals surface area contributed by atoms with Gasteiger partial charge in [0.2, 0.25) is 0 Å². The first-order chi connectivity index (χ1) is 10.7. The number of rotatable bonds is 5. The van der Waals surface area contributed by atoms with Gasteiger partial charge in [-0.2, -0.15) is 0 Å². The predicted octanol–water partition coefficient (Wildman–Crippen LogP) is 4.09. The van der Waals surface area contributed by atoms with E-state index in [0.717, 1.165) is 16.8 Å². The summed E-state index contributed by atoms with van der Waals surface area (Å²) in [5.41, 5.74) is 3.45. The summed E-state index contributed by atoms with van der Waals surface area (Å²) in [4.78, 5) is 4.52. The molecule has 0 radical (unpaired) electrons. The van der Waals surface area contributed by atoms with Crippen LogP contribution in [0.25, 0.3) is 11.1 Å². The van der Waals surface area contributed by atoms with E-state index in [-0.39, 0.29) is 11.7 Å². The van der Waals surface area contributed by atoms with Crippen LogP contribution in [-0.2, 0) is 11.0 Å². The summed E-state index contributed by atoms with van der Waals surface area (Å²) < 4.78 is 24.5. The minimum atomic E-state index is -1.37. The Morgan fingerprint density at radius 1 is 1.26 bits per heavy atom. The van der Waals surface area contributed by atoms with Crippen LogP contribution in [0.2, 0.25) is 0 Å². The molecule has 1 heterocycles. The van der Waals surface area contributed by atoms with Crippen molar-refractivity contribution in [3.05, 3.63) is 53.6 Å². The van der Waals surface area contributed by atoms with Gasteiger partial charge in [-0.1, -0.05) is 19.1 Å². The third-order valence-electron chi connectivity index (χ3n) is 4.12. The highest BCUT2D eigenvalue weighted by molar-refractivity contribution is 7.84. The van der Waals surface area contributed by atoms with Crippen LogP contribution in [0.3, 0.4) is 0 Å². The van der Waals surface area contributed by atoms with Crippen molar-refractivity contribution < 1.29 is 8.60 Å². The van der Waals surface area contributed by atoms with Gasteiger partial charge in [0.25, 0.3) is 0 Å². The quantitative estimate of drug-likeness (QED) is 0.895. The van der Waals surface area contributed by atoms with Gasteiger partial charge in [-0.15, -0.1) is 0 Å². The summed E-state index contributed by atoms with van der Waals surface area (Å²) in [5.74, 6) is -0.0505. The van der Waals surface area contributed by atoms with Gasteiger partial charge >= 0.3 is 0 Å². The standard InChI is InChI=1S/C18H23FN2OS/c1-12-9-14(5-7-16(12)19)15-6-8-17(21-11-15)13(2)10-18(3,4)23(20)22/h5-9,11,13H,10,20H2,1-4H3/t13-,23?/m0/s1. The number of aromatic nitrogens is 1. The van der Waals surface area contributed by atoms with Crippen LogP contribution in [0.1, 0.15) is 44.4 Å². The Morgan fingerprint density at radius 3 is 2.43 bits per heavy atom. The number of nitrogens with zero attached hydrogens (tertiary/aromatic N) is 1. The summed E-state index contributed by atoms with van der Waals surface area (Å²) in [5, 5.41) is 5.54. The molecule has 23 heavy (non-hydrogen) atoms. The third kappa shape index (κ3) is 4.24. The van der Waals surface area contributed by atoms with Crippen LogP contribution < -0.4 is 5.14 Å². The first kappa shape index (κ1) is 17.8. The van der Waals surface area contributed by atoms with Crippen molar-refractivity contribution in [2.24, 2.45) is 5.14 Å². The summed E-state index contributed by atoms with van der Waals surface area (Å²) in [7, 11) is -1.37. The summed E-state index contributed by atoms with van der Waals surface area (Å²) >= 11 is 0. The van der Waals surface area contributed by atoms with Gasteiger partial charge in [-0.3, -0.25) is 10.1 Å². The molecular formula is C18H23FN2OS. The molecule has 0 bridgehead atoms. The molecule has 5 heteroatoms. The molecule has 0 saturated carbocycles. The van der Waals surface area contributed by atoms with E-state index in [1.54, 1.807) is 19.2 Å². The van der Waals surface area contributed by atoms with Gasteiger partial charge < -0.3 is 0 Å². The lowest BCUT2D eigenvalue weighted by atomic mass is 9.94. The van der Waals surface area contributed by atoms with Gasteiger partial charge in [0.1, 0.15) is 5.82 Å². The molecule has 0 aliphatic heterocycles. The van der Waals surface area contributed by atoms with E-state index in [1.165, 1.54) is 6.07 Å². The maximum Gasteiger partial charge on any atom is 0.126 e. The molecule has 0 aliphatic carbocycles. The molecule has 2 atom stereocenters. The van der Waals surface area contributed by atoms with Crippen molar-refractivity contribution in [2.75, 3.05) is 0 Å². The Bertz CT molecular complexity index is 713. The van der Waals surface area contributed by atoms with Gasteiger partial charge in [0, 0.05) is 17.5 Å². The average molecular weight is 334 g/mol. The zero-order valence-electron chi connectivity index (χ0n) is 14.0. The fourth-order valence-electron chi connectivity index (χ4n) is 2.62. The highest BCUT2D eigenvalue weighted by Crippen LogP contribution is 2.28. The van der Waals surface area contributed by atoms with Crippen LogP contribution in [0, 0.1) is 12.7 Å². The molecule has 1 aromatic carbocycles. The summed E-state index contributed by atoms with van der Waals surface area (Å²) in [6.07, 6.45) is 2.49. The molecule has 1 unspecified atom stereocenters. The van der Waals surface area contributed by atoms with Crippen molar-refractivity contribution in [1.82, 2.24) is 4.98 Å².